The first kappa shape index (κ1) is 15.8. The van der Waals surface area contributed by atoms with Crippen molar-refractivity contribution in [2.24, 2.45) is 10.8 Å². The minimum absolute atomic E-state index is 0.0533. The SMILES string of the molecule is COc1ccc(/C(=N/NC(N)=S)c2ccc(C)cc2)c(O)c1. The van der Waals surface area contributed by atoms with Gasteiger partial charge in [-0.15, -0.1) is 0 Å². The number of hydrogen-bond donors (Lipinski definition) is 3. The van der Waals surface area contributed by atoms with Gasteiger partial charge in [-0.3, -0.25) is 5.43 Å². The van der Waals surface area contributed by atoms with Gasteiger partial charge in [-0.1, -0.05) is 29.8 Å². The molecule has 22 heavy (non-hydrogen) atoms. The molecule has 2 rings (SSSR count). The second kappa shape index (κ2) is 6.91. The normalized spacial score (nSPS) is 11.1. The molecule has 0 saturated carbocycles. The Kier molecular flexibility index (Phi) is 4.95. The number of hydrazone groups is 1. The monoisotopic (exact) mass is 315 g/mol. The number of thiocarbonyl (C=S) groups is 1. The van der Waals surface area contributed by atoms with Crippen LogP contribution in [0.4, 0.5) is 0 Å². The molecule has 0 saturated heterocycles. The van der Waals surface area contributed by atoms with Crippen LogP contribution in [-0.2, 0) is 0 Å². The van der Waals surface area contributed by atoms with Crippen molar-refractivity contribution in [3.63, 3.8) is 0 Å². The zero-order valence-corrected chi connectivity index (χ0v) is 13.1. The van der Waals surface area contributed by atoms with Crippen LogP contribution < -0.4 is 15.9 Å². The van der Waals surface area contributed by atoms with E-state index >= 15 is 0 Å². The van der Waals surface area contributed by atoms with Gasteiger partial charge < -0.3 is 15.6 Å². The topological polar surface area (TPSA) is 79.9 Å². The fraction of sp³-hybridized carbons (Fsp3) is 0.125. The van der Waals surface area contributed by atoms with Crippen LogP contribution in [0.2, 0.25) is 0 Å². The molecule has 0 bridgehead atoms. The molecule has 114 valence electrons. The lowest BCUT2D eigenvalue weighted by Crippen LogP contribution is -2.26. The largest absolute Gasteiger partial charge is 0.507 e. The van der Waals surface area contributed by atoms with Crippen molar-refractivity contribution >= 4 is 23.0 Å². The predicted octanol–water partition coefficient (Wildman–Crippen LogP) is 2.29. The van der Waals surface area contributed by atoms with Gasteiger partial charge in [0.2, 0.25) is 0 Å². The van der Waals surface area contributed by atoms with Crippen molar-refractivity contribution in [2.45, 2.75) is 6.92 Å². The van der Waals surface area contributed by atoms with Crippen molar-refractivity contribution in [1.82, 2.24) is 5.43 Å². The zero-order chi connectivity index (χ0) is 16.1. The van der Waals surface area contributed by atoms with Crippen molar-refractivity contribution in [1.29, 1.82) is 0 Å². The fourth-order valence-corrected chi connectivity index (χ4v) is 1.99. The summed E-state index contributed by atoms with van der Waals surface area (Å²) in [5, 5.41) is 14.5. The maximum absolute atomic E-state index is 10.2. The molecule has 0 radical (unpaired) electrons. The molecule has 0 aliphatic carbocycles. The number of hydrogen-bond acceptors (Lipinski definition) is 4. The molecule has 0 amide bonds. The number of nitrogens with zero attached hydrogens (tertiary/aromatic N) is 1. The molecule has 4 N–H and O–H groups in total. The molecule has 0 aromatic heterocycles. The van der Waals surface area contributed by atoms with E-state index in [1.54, 1.807) is 12.1 Å². The summed E-state index contributed by atoms with van der Waals surface area (Å²) < 4.78 is 5.09. The maximum Gasteiger partial charge on any atom is 0.184 e. The summed E-state index contributed by atoms with van der Waals surface area (Å²) in [7, 11) is 1.54. The van der Waals surface area contributed by atoms with Gasteiger partial charge in [0.25, 0.3) is 0 Å². The van der Waals surface area contributed by atoms with Crippen LogP contribution in [-0.4, -0.2) is 23.0 Å². The lowest BCUT2D eigenvalue weighted by atomic mass is 10.0. The quantitative estimate of drug-likeness (QED) is 0.458. The average molecular weight is 315 g/mol. The molecular weight excluding hydrogens is 298 g/mol. The molecule has 0 unspecified atom stereocenters. The molecule has 0 aliphatic rings. The smallest absolute Gasteiger partial charge is 0.184 e. The van der Waals surface area contributed by atoms with Crippen molar-refractivity contribution in [3.05, 3.63) is 59.2 Å². The maximum atomic E-state index is 10.2. The van der Waals surface area contributed by atoms with E-state index in [4.69, 9.17) is 22.7 Å². The zero-order valence-electron chi connectivity index (χ0n) is 12.3. The van der Waals surface area contributed by atoms with Gasteiger partial charge in [0.15, 0.2) is 5.11 Å². The van der Waals surface area contributed by atoms with Crippen LogP contribution in [0.3, 0.4) is 0 Å². The number of nitrogens with two attached hydrogens (primary N) is 1. The molecule has 6 heteroatoms. The first-order chi connectivity index (χ1) is 10.5. The van der Waals surface area contributed by atoms with Crippen LogP contribution in [0.1, 0.15) is 16.7 Å². The van der Waals surface area contributed by atoms with E-state index in [0.717, 1.165) is 11.1 Å². The van der Waals surface area contributed by atoms with Gasteiger partial charge >= 0.3 is 0 Å². The molecule has 0 fully saturated rings. The molecule has 0 spiro atoms. The third-order valence-electron chi connectivity index (χ3n) is 3.06. The molecule has 0 atom stereocenters. The Hall–Kier alpha value is -2.60. The lowest BCUT2D eigenvalue weighted by Gasteiger charge is -2.11. The lowest BCUT2D eigenvalue weighted by molar-refractivity contribution is 0.407. The minimum atomic E-state index is 0.0533. The van der Waals surface area contributed by atoms with Crippen LogP contribution >= 0.6 is 12.2 Å². The minimum Gasteiger partial charge on any atom is -0.507 e. The second-order valence-electron chi connectivity index (χ2n) is 4.69. The highest BCUT2D eigenvalue weighted by Crippen LogP contribution is 2.26. The summed E-state index contributed by atoms with van der Waals surface area (Å²) in [5.41, 5.74) is 11.0. The number of benzene rings is 2. The number of phenolic OH excluding ortho intramolecular Hbond substituents is 1. The standard InChI is InChI=1S/C16H17N3O2S/c1-10-3-5-11(6-4-10)15(18-19-16(17)22)13-8-7-12(21-2)9-14(13)20/h3-9,20H,1-2H3,(H3,17,19,22)/b18-15+. The van der Waals surface area contributed by atoms with Crippen LogP contribution in [0.25, 0.3) is 0 Å². The Morgan fingerprint density at radius 3 is 2.45 bits per heavy atom. The molecule has 5 nitrogen and oxygen atoms in total. The summed E-state index contributed by atoms with van der Waals surface area (Å²) >= 11 is 4.78. The second-order valence-corrected chi connectivity index (χ2v) is 5.13. The predicted molar refractivity (Wildman–Crippen MR) is 91.4 cm³/mol. The Balaban J connectivity index is 2.51. The first-order valence-electron chi connectivity index (χ1n) is 6.59. The van der Waals surface area contributed by atoms with Gasteiger partial charge in [0.1, 0.15) is 17.2 Å². The van der Waals surface area contributed by atoms with Crippen molar-refractivity contribution in [2.75, 3.05) is 7.11 Å². The molecule has 2 aromatic rings. The number of rotatable bonds is 4. The summed E-state index contributed by atoms with van der Waals surface area (Å²) in [4.78, 5) is 0. The first-order valence-corrected chi connectivity index (χ1v) is 6.99. The summed E-state index contributed by atoms with van der Waals surface area (Å²) in [6.07, 6.45) is 0. The molecule has 2 aromatic carbocycles. The van der Waals surface area contributed by atoms with Crippen LogP contribution in [0.5, 0.6) is 11.5 Å². The summed E-state index contributed by atoms with van der Waals surface area (Å²) in [6, 6.07) is 12.8. The highest BCUT2D eigenvalue weighted by Gasteiger charge is 2.13. The molecule has 0 heterocycles. The van der Waals surface area contributed by atoms with Gasteiger partial charge in [-0.05, 0) is 31.3 Å². The van der Waals surface area contributed by atoms with Gasteiger partial charge in [-0.2, -0.15) is 5.10 Å². The van der Waals surface area contributed by atoms with E-state index < -0.39 is 0 Å². The van der Waals surface area contributed by atoms with E-state index in [2.05, 4.69) is 10.5 Å². The van der Waals surface area contributed by atoms with E-state index in [9.17, 15) is 5.11 Å². The van der Waals surface area contributed by atoms with Gasteiger partial charge in [0.05, 0.1) is 7.11 Å². The number of nitrogens with one attached hydrogen (secondary N) is 1. The number of aromatic hydroxyl groups is 1. The molecule has 0 aliphatic heterocycles. The third-order valence-corrected chi connectivity index (χ3v) is 3.15. The van der Waals surface area contributed by atoms with Gasteiger partial charge in [0, 0.05) is 17.2 Å². The van der Waals surface area contributed by atoms with Crippen LogP contribution in [0, 0.1) is 6.92 Å². The highest BCUT2D eigenvalue weighted by atomic mass is 32.1. The number of aryl methyl sites for hydroxylation is 1. The summed E-state index contributed by atoms with van der Waals surface area (Å²) in [6.45, 7) is 2.00. The van der Waals surface area contributed by atoms with E-state index in [0.29, 0.717) is 17.0 Å². The van der Waals surface area contributed by atoms with E-state index in [1.807, 2.05) is 31.2 Å². The summed E-state index contributed by atoms with van der Waals surface area (Å²) in [5.74, 6) is 0.621. The number of ether oxygens (including phenoxy) is 1. The Bertz CT molecular complexity index is 712. The van der Waals surface area contributed by atoms with Crippen LogP contribution in [0.15, 0.2) is 47.6 Å². The van der Waals surface area contributed by atoms with Crippen molar-refractivity contribution < 1.29 is 9.84 Å². The average Bonchev–Trinajstić information content (AvgIpc) is 2.50. The third kappa shape index (κ3) is 3.73. The Morgan fingerprint density at radius 2 is 1.91 bits per heavy atom. The number of methoxy groups -OCH3 is 1. The Morgan fingerprint density at radius 1 is 1.23 bits per heavy atom. The fourth-order valence-electron chi connectivity index (χ4n) is 1.94. The Labute approximate surface area is 134 Å². The molecular formula is C16H17N3O2S. The highest BCUT2D eigenvalue weighted by molar-refractivity contribution is 7.80. The number of phenols is 1. The van der Waals surface area contributed by atoms with E-state index in [1.165, 1.54) is 13.2 Å². The van der Waals surface area contributed by atoms with Gasteiger partial charge in [-0.25, -0.2) is 0 Å². The van der Waals surface area contributed by atoms with Crippen molar-refractivity contribution in [3.8, 4) is 11.5 Å². The van der Waals surface area contributed by atoms with E-state index in [-0.39, 0.29) is 10.9 Å².